The van der Waals surface area contributed by atoms with Gasteiger partial charge >= 0.3 is 0 Å². The molecule has 0 saturated carbocycles. The van der Waals surface area contributed by atoms with E-state index in [1.54, 1.807) is 18.2 Å². The predicted octanol–water partition coefficient (Wildman–Crippen LogP) is 5.13. The first-order chi connectivity index (χ1) is 10.8. The molecule has 0 radical (unpaired) electrons. The zero-order valence-electron chi connectivity index (χ0n) is 13.2. The fraction of sp³-hybridized carbons (Fsp3) is 0.222. The van der Waals surface area contributed by atoms with Gasteiger partial charge in [0, 0.05) is 11.1 Å². The molecule has 118 valence electrons. The Morgan fingerprint density at radius 2 is 1.91 bits per heavy atom. The summed E-state index contributed by atoms with van der Waals surface area (Å²) in [6, 6.07) is 12.8. The Balaban J connectivity index is 1.99. The van der Waals surface area contributed by atoms with Crippen LogP contribution >= 0.6 is 11.6 Å². The number of fused-ring (bicyclic) bond motifs is 1. The van der Waals surface area contributed by atoms with Crippen molar-refractivity contribution >= 4 is 34.3 Å². The van der Waals surface area contributed by atoms with Gasteiger partial charge in [-0.1, -0.05) is 44.5 Å². The minimum atomic E-state index is -0.475. The van der Waals surface area contributed by atoms with E-state index in [0.29, 0.717) is 27.7 Å². The molecule has 1 aromatic heterocycles. The van der Waals surface area contributed by atoms with Crippen molar-refractivity contribution in [3.05, 3.63) is 47.5 Å². The first kappa shape index (κ1) is 15.6. The number of carbonyl (C=O) groups is 1. The molecule has 3 aromatic rings. The van der Waals surface area contributed by atoms with E-state index in [0.717, 1.165) is 5.52 Å². The molecular formula is C18H17ClN2O2. The minimum Gasteiger partial charge on any atom is -0.436 e. The fourth-order valence-corrected chi connectivity index (χ4v) is 2.27. The molecule has 1 N–H and O–H groups in total. The number of para-hydroxylation sites is 2. The highest BCUT2D eigenvalue weighted by Gasteiger charge is 2.22. The van der Waals surface area contributed by atoms with Crippen molar-refractivity contribution in [3.63, 3.8) is 0 Å². The highest BCUT2D eigenvalue weighted by Crippen LogP contribution is 2.32. The number of oxazole rings is 1. The van der Waals surface area contributed by atoms with E-state index < -0.39 is 5.41 Å². The zero-order valence-corrected chi connectivity index (χ0v) is 13.9. The lowest BCUT2D eigenvalue weighted by Gasteiger charge is -2.18. The van der Waals surface area contributed by atoms with Gasteiger partial charge in [0.05, 0.1) is 10.6 Å². The van der Waals surface area contributed by atoms with Crippen LogP contribution in [0.3, 0.4) is 0 Å². The smallest absolute Gasteiger partial charge is 0.229 e. The third-order valence-electron chi connectivity index (χ3n) is 3.43. The Hall–Kier alpha value is -2.33. The summed E-state index contributed by atoms with van der Waals surface area (Å²) in [6.45, 7) is 5.58. The SMILES string of the molecule is CC(C)(C)C(=O)Nc1ccc(Cl)c(-c2nc3ccccc3o2)c1. The molecule has 0 fully saturated rings. The molecule has 0 unspecified atom stereocenters. The van der Waals surface area contributed by atoms with Crippen LogP contribution in [-0.2, 0) is 4.79 Å². The maximum absolute atomic E-state index is 12.1. The van der Waals surface area contributed by atoms with Crippen LogP contribution in [0.4, 0.5) is 5.69 Å². The number of nitrogens with one attached hydrogen (secondary N) is 1. The molecule has 1 amide bonds. The van der Waals surface area contributed by atoms with Crippen molar-refractivity contribution in [2.75, 3.05) is 5.32 Å². The van der Waals surface area contributed by atoms with E-state index in [-0.39, 0.29) is 5.91 Å². The molecule has 0 spiro atoms. The third kappa shape index (κ3) is 3.22. The van der Waals surface area contributed by atoms with Crippen molar-refractivity contribution in [1.82, 2.24) is 4.98 Å². The predicted molar refractivity (Wildman–Crippen MR) is 92.5 cm³/mol. The van der Waals surface area contributed by atoms with Gasteiger partial charge in [0.15, 0.2) is 5.58 Å². The molecule has 3 rings (SSSR count). The van der Waals surface area contributed by atoms with Gasteiger partial charge in [-0.05, 0) is 30.3 Å². The third-order valence-corrected chi connectivity index (χ3v) is 3.76. The quantitative estimate of drug-likeness (QED) is 0.709. The molecule has 5 heteroatoms. The highest BCUT2D eigenvalue weighted by atomic mass is 35.5. The van der Waals surface area contributed by atoms with E-state index in [9.17, 15) is 4.79 Å². The molecule has 0 atom stereocenters. The minimum absolute atomic E-state index is 0.0664. The number of hydrogen-bond acceptors (Lipinski definition) is 3. The van der Waals surface area contributed by atoms with E-state index in [1.807, 2.05) is 45.0 Å². The van der Waals surface area contributed by atoms with Gasteiger partial charge in [-0.3, -0.25) is 4.79 Å². The van der Waals surface area contributed by atoms with Gasteiger partial charge in [0.1, 0.15) is 5.52 Å². The fourth-order valence-electron chi connectivity index (χ4n) is 2.07. The lowest BCUT2D eigenvalue weighted by Crippen LogP contribution is -2.27. The Morgan fingerprint density at radius 3 is 2.61 bits per heavy atom. The summed E-state index contributed by atoms with van der Waals surface area (Å²) in [5.41, 5.74) is 2.30. The molecule has 1 heterocycles. The molecule has 0 aliphatic rings. The van der Waals surface area contributed by atoms with Crippen LogP contribution in [-0.4, -0.2) is 10.9 Å². The number of nitrogens with zero attached hydrogens (tertiary/aromatic N) is 1. The molecule has 0 aliphatic carbocycles. The van der Waals surface area contributed by atoms with Crippen LogP contribution in [0.25, 0.3) is 22.6 Å². The summed E-state index contributed by atoms with van der Waals surface area (Å²) in [5.74, 6) is 0.367. The molecule has 4 nitrogen and oxygen atoms in total. The normalized spacial score (nSPS) is 11.7. The highest BCUT2D eigenvalue weighted by molar-refractivity contribution is 6.33. The van der Waals surface area contributed by atoms with Crippen molar-refractivity contribution in [2.24, 2.45) is 5.41 Å². The van der Waals surface area contributed by atoms with Crippen LogP contribution in [0.1, 0.15) is 20.8 Å². The number of aromatic nitrogens is 1. The summed E-state index contributed by atoms with van der Waals surface area (Å²) < 4.78 is 5.75. The Kier molecular flexibility index (Phi) is 3.86. The van der Waals surface area contributed by atoms with Gasteiger partial charge in [-0.15, -0.1) is 0 Å². The average Bonchev–Trinajstić information content (AvgIpc) is 2.91. The number of amides is 1. The van der Waals surface area contributed by atoms with Gasteiger partial charge in [-0.2, -0.15) is 0 Å². The largest absolute Gasteiger partial charge is 0.436 e. The molecule has 0 bridgehead atoms. The molecule has 0 saturated heterocycles. The second-order valence-electron chi connectivity index (χ2n) is 6.39. The molecular weight excluding hydrogens is 312 g/mol. The number of benzene rings is 2. The van der Waals surface area contributed by atoms with Crippen molar-refractivity contribution < 1.29 is 9.21 Å². The van der Waals surface area contributed by atoms with Crippen molar-refractivity contribution in [3.8, 4) is 11.5 Å². The lowest BCUT2D eigenvalue weighted by molar-refractivity contribution is -0.123. The Bertz CT molecular complexity index is 845. The summed E-state index contributed by atoms with van der Waals surface area (Å²) in [6.07, 6.45) is 0. The molecule has 0 aliphatic heterocycles. The van der Waals surface area contributed by atoms with E-state index >= 15 is 0 Å². The number of rotatable bonds is 2. The Morgan fingerprint density at radius 1 is 1.17 bits per heavy atom. The van der Waals surface area contributed by atoms with E-state index in [1.165, 1.54) is 0 Å². The number of halogens is 1. The zero-order chi connectivity index (χ0) is 16.6. The van der Waals surface area contributed by atoms with Gasteiger partial charge < -0.3 is 9.73 Å². The maximum atomic E-state index is 12.1. The first-order valence-corrected chi connectivity index (χ1v) is 7.69. The van der Waals surface area contributed by atoms with Crippen LogP contribution in [0, 0.1) is 5.41 Å². The van der Waals surface area contributed by atoms with Crippen LogP contribution in [0.15, 0.2) is 46.9 Å². The number of hydrogen-bond donors (Lipinski definition) is 1. The van der Waals surface area contributed by atoms with Crippen molar-refractivity contribution in [1.29, 1.82) is 0 Å². The average molecular weight is 329 g/mol. The molecule has 23 heavy (non-hydrogen) atoms. The standard InChI is InChI=1S/C18H17ClN2O2/c1-18(2,3)17(22)20-11-8-9-13(19)12(10-11)16-21-14-6-4-5-7-15(14)23-16/h4-10H,1-3H3,(H,20,22). The lowest BCUT2D eigenvalue weighted by atomic mass is 9.95. The van der Waals surface area contributed by atoms with Gasteiger partial charge in [0.25, 0.3) is 0 Å². The van der Waals surface area contributed by atoms with E-state index in [2.05, 4.69) is 10.3 Å². The monoisotopic (exact) mass is 328 g/mol. The van der Waals surface area contributed by atoms with Crippen LogP contribution in [0.2, 0.25) is 5.02 Å². The van der Waals surface area contributed by atoms with Crippen LogP contribution in [0.5, 0.6) is 0 Å². The number of anilines is 1. The summed E-state index contributed by atoms with van der Waals surface area (Å²) >= 11 is 6.27. The van der Waals surface area contributed by atoms with E-state index in [4.69, 9.17) is 16.0 Å². The second-order valence-corrected chi connectivity index (χ2v) is 6.79. The second kappa shape index (κ2) is 5.70. The van der Waals surface area contributed by atoms with Crippen molar-refractivity contribution in [2.45, 2.75) is 20.8 Å². The summed E-state index contributed by atoms with van der Waals surface area (Å²) in [4.78, 5) is 16.6. The van der Waals surface area contributed by atoms with Gasteiger partial charge in [0.2, 0.25) is 11.8 Å². The first-order valence-electron chi connectivity index (χ1n) is 7.31. The summed E-state index contributed by atoms with van der Waals surface area (Å²) in [7, 11) is 0. The van der Waals surface area contributed by atoms with Crippen LogP contribution < -0.4 is 5.32 Å². The Labute approximate surface area is 139 Å². The number of carbonyl (C=O) groups excluding carboxylic acids is 1. The molecule has 2 aromatic carbocycles. The maximum Gasteiger partial charge on any atom is 0.229 e. The summed E-state index contributed by atoms with van der Waals surface area (Å²) in [5, 5.41) is 3.40. The topological polar surface area (TPSA) is 55.1 Å². The van der Waals surface area contributed by atoms with Gasteiger partial charge in [-0.25, -0.2) is 4.98 Å².